The van der Waals surface area contributed by atoms with Crippen LogP contribution in [0, 0.1) is 19.7 Å². The van der Waals surface area contributed by atoms with E-state index in [0.29, 0.717) is 0 Å². The van der Waals surface area contributed by atoms with Crippen molar-refractivity contribution >= 4 is 0 Å². The third-order valence-corrected chi connectivity index (χ3v) is 3.78. The normalized spacial score (nSPS) is 12.4. The summed E-state index contributed by atoms with van der Waals surface area (Å²) in [5.41, 5.74) is 3.91. The van der Waals surface area contributed by atoms with E-state index in [0.717, 1.165) is 30.5 Å². The average Bonchev–Trinajstić information content (AvgIpc) is 2.49. The molecule has 0 fully saturated rings. The van der Waals surface area contributed by atoms with Crippen LogP contribution in [0.25, 0.3) is 0 Å². The molecule has 2 heteroatoms. The van der Waals surface area contributed by atoms with Crippen LogP contribution in [0.3, 0.4) is 0 Å². The molecule has 0 aliphatic rings. The number of nitrogens with one attached hydrogen (secondary N) is 1. The Morgan fingerprint density at radius 3 is 2.24 bits per heavy atom. The predicted octanol–water partition coefficient (Wildman–Crippen LogP) is 4.73. The smallest absolute Gasteiger partial charge is 0.129 e. The van der Waals surface area contributed by atoms with Crippen LogP contribution in [0.2, 0.25) is 0 Å². The molecule has 0 saturated carbocycles. The van der Waals surface area contributed by atoms with Crippen molar-refractivity contribution in [2.24, 2.45) is 0 Å². The van der Waals surface area contributed by atoms with Gasteiger partial charge in [-0.25, -0.2) is 4.39 Å². The number of aryl methyl sites for hydroxylation is 2. The Morgan fingerprint density at radius 1 is 1.05 bits per heavy atom. The van der Waals surface area contributed by atoms with Gasteiger partial charge >= 0.3 is 0 Å². The number of hydrogen-bond donors (Lipinski definition) is 1. The molecule has 1 unspecified atom stereocenters. The van der Waals surface area contributed by atoms with Crippen molar-refractivity contribution in [2.45, 2.75) is 39.7 Å². The van der Waals surface area contributed by atoms with Crippen molar-refractivity contribution in [1.82, 2.24) is 5.32 Å². The van der Waals surface area contributed by atoms with Crippen molar-refractivity contribution in [3.63, 3.8) is 0 Å². The largest absolute Gasteiger partial charge is 0.310 e. The summed E-state index contributed by atoms with van der Waals surface area (Å²) in [5, 5.41) is 3.59. The van der Waals surface area contributed by atoms with Crippen LogP contribution < -0.4 is 5.32 Å². The second-order valence-electron chi connectivity index (χ2n) is 5.67. The van der Waals surface area contributed by atoms with Gasteiger partial charge in [0, 0.05) is 6.04 Å². The zero-order valence-corrected chi connectivity index (χ0v) is 13.1. The van der Waals surface area contributed by atoms with Gasteiger partial charge in [0.05, 0.1) is 0 Å². The fraction of sp³-hybridized carbons (Fsp3) is 0.368. The summed E-state index contributed by atoms with van der Waals surface area (Å²) in [5.74, 6) is -0.0901. The lowest BCUT2D eigenvalue weighted by Crippen LogP contribution is -2.24. The molecule has 1 atom stereocenters. The number of halogens is 1. The first-order valence-electron chi connectivity index (χ1n) is 7.65. The predicted molar refractivity (Wildman–Crippen MR) is 87.1 cm³/mol. The van der Waals surface area contributed by atoms with E-state index in [9.17, 15) is 4.39 Å². The van der Waals surface area contributed by atoms with Gasteiger partial charge in [0.1, 0.15) is 5.82 Å². The summed E-state index contributed by atoms with van der Waals surface area (Å²) in [6, 6.07) is 14.6. The summed E-state index contributed by atoms with van der Waals surface area (Å²) in [6.07, 6.45) is 2.01. The van der Waals surface area contributed by atoms with Crippen molar-refractivity contribution in [3.8, 4) is 0 Å². The van der Waals surface area contributed by atoms with Crippen molar-refractivity contribution in [1.29, 1.82) is 0 Å². The van der Waals surface area contributed by atoms with Crippen LogP contribution in [0.1, 0.15) is 41.6 Å². The molecule has 2 aromatic carbocycles. The molecular formula is C19H24FN. The quantitative estimate of drug-likeness (QED) is 0.809. The van der Waals surface area contributed by atoms with Gasteiger partial charge in [-0.15, -0.1) is 0 Å². The SMILES string of the molecule is CCCNC(Cc1ccccc1)c1cc(C)c(F)c(C)c1. The molecule has 0 heterocycles. The van der Waals surface area contributed by atoms with E-state index >= 15 is 0 Å². The topological polar surface area (TPSA) is 12.0 Å². The lowest BCUT2D eigenvalue weighted by molar-refractivity contribution is 0.526. The van der Waals surface area contributed by atoms with Crippen LogP contribution in [-0.2, 0) is 6.42 Å². The van der Waals surface area contributed by atoms with Crippen LogP contribution in [0.5, 0.6) is 0 Å². The Bertz CT molecular complexity index is 554. The van der Waals surface area contributed by atoms with Crippen molar-refractivity contribution in [3.05, 3.63) is 70.5 Å². The highest BCUT2D eigenvalue weighted by atomic mass is 19.1. The van der Waals surface area contributed by atoms with E-state index in [1.54, 1.807) is 0 Å². The summed E-state index contributed by atoms with van der Waals surface area (Å²) in [6.45, 7) is 6.80. The number of rotatable bonds is 6. The van der Waals surface area contributed by atoms with Gasteiger partial charge in [-0.3, -0.25) is 0 Å². The van der Waals surface area contributed by atoms with Gasteiger partial charge in [-0.2, -0.15) is 0 Å². The molecule has 1 nitrogen and oxygen atoms in total. The summed E-state index contributed by atoms with van der Waals surface area (Å²) >= 11 is 0. The molecule has 2 rings (SSSR count). The maximum Gasteiger partial charge on any atom is 0.129 e. The van der Waals surface area contributed by atoms with E-state index in [4.69, 9.17) is 0 Å². The lowest BCUT2D eigenvalue weighted by Gasteiger charge is -2.20. The molecule has 0 saturated heterocycles. The summed E-state index contributed by atoms with van der Waals surface area (Å²) < 4.78 is 13.8. The van der Waals surface area contributed by atoms with Gasteiger partial charge in [0.25, 0.3) is 0 Å². The van der Waals surface area contributed by atoms with Crippen LogP contribution >= 0.6 is 0 Å². The van der Waals surface area contributed by atoms with E-state index in [-0.39, 0.29) is 11.9 Å². The van der Waals surface area contributed by atoms with Gasteiger partial charge in [0.2, 0.25) is 0 Å². The molecule has 0 aromatic heterocycles. The molecule has 0 aliphatic heterocycles. The Hall–Kier alpha value is -1.67. The minimum absolute atomic E-state index is 0.0901. The summed E-state index contributed by atoms with van der Waals surface area (Å²) in [4.78, 5) is 0. The molecule has 112 valence electrons. The Kier molecular flexibility index (Phi) is 5.51. The van der Waals surface area contributed by atoms with Crippen LogP contribution in [0.4, 0.5) is 4.39 Å². The van der Waals surface area contributed by atoms with Crippen molar-refractivity contribution in [2.75, 3.05) is 6.54 Å². The second kappa shape index (κ2) is 7.37. The molecule has 21 heavy (non-hydrogen) atoms. The van der Waals surface area contributed by atoms with Crippen LogP contribution in [0.15, 0.2) is 42.5 Å². The zero-order valence-electron chi connectivity index (χ0n) is 13.1. The molecule has 0 bridgehead atoms. The number of hydrogen-bond acceptors (Lipinski definition) is 1. The first kappa shape index (κ1) is 15.7. The minimum Gasteiger partial charge on any atom is -0.310 e. The highest BCUT2D eigenvalue weighted by Gasteiger charge is 2.14. The third kappa shape index (κ3) is 4.15. The first-order valence-corrected chi connectivity index (χ1v) is 7.65. The minimum atomic E-state index is -0.0901. The van der Waals surface area contributed by atoms with E-state index < -0.39 is 0 Å². The van der Waals surface area contributed by atoms with Crippen LogP contribution in [-0.4, -0.2) is 6.54 Å². The summed E-state index contributed by atoms with van der Waals surface area (Å²) in [7, 11) is 0. The highest BCUT2D eigenvalue weighted by molar-refractivity contribution is 5.33. The average molecular weight is 285 g/mol. The molecule has 2 aromatic rings. The molecule has 0 spiro atoms. The van der Waals surface area contributed by atoms with E-state index in [1.807, 2.05) is 32.0 Å². The molecule has 0 aliphatic carbocycles. The maximum absolute atomic E-state index is 13.8. The second-order valence-corrected chi connectivity index (χ2v) is 5.67. The third-order valence-electron chi connectivity index (χ3n) is 3.78. The van der Waals surface area contributed by atoms with Gasteiger partial charge < -0.3 is 5.32 Å². The molecule has 1 N–H and O–H groups in total. The van der Waals surface area contributed by atoms with Gasteiger partial charge in [-0.1, -0.05) is 49.4 Å². The fourth-order valence-corrected chi connectivity index (χ4v) is 2.66. The lowest BCUT2D eigenvalue weighted by atomic mass is 9.95. The molecule has 0 amide bonds. The Balaban J connectivity index is 2.27. The van der Waals surface area contributed by atoms with Gasteiger partial charge in [0.15, 0.2) is 0 Å². The maximum atomic E-state index is 13.8. The van der Waals surface area contributed by atoms with E-state index in [1.165, 1.54) is 11.1 Å². The van der Waals surface area contributed by atoms with Crippen molar-refractivity contribution < 1.29 is 4.39 Å². The van der Waals surface area contributed by atoms with E-state index in [2.05, 4.69) is 36.5 Å². The standard InChI is InChI=1S/C19H24FN/c1-4-10-21-18(13-16-8-6-5-7-9-16)17-11-14(2)19(20)15(3)12-17/h5-9,11-12,18,21H,4,10,13H2,1-3H3. The monoisotopic (exact) mass is 285 g/mol. The highest BCUT2D eigenvalue weighted by Crippen LogP contribution is 2.23. The first-order chi connectivity index (χ1) is 10.1. The zero-order chi connectivity index (χ0) is 15.2. The molecule has 0 radical (unpaired) electrons. The number of benzene rings is 2. The molecular weight excluding hydrogens is 261 g/mol. The Labute approximate surface area is 127 Å². The Morgan fingerprint density at radius 2 is 1.67 bits per heavy atom. The fourth-order valence-electron chi connectivity index (χ4n) is 2.66. The van der Waals surface area contributed by atoms with Gasteiger partial charge in [-0.05, 0) is 55.5 Å².